The van der Waals surface area contributed by atoms with E-state index < -0.39 is 4.92 Å². The molecule has 7 heteroatoms. The lowest BCUT2D eigenvalue weighted by atomic mass is 10.1. The van der Waals surface area contributed by atoms with Crippen molar-refractivity contribution in [3.8, 4) is 0 Å². The monoisotopic (exact) mass is 371 g/mol. The van der Waals surface area contributed by atoms with Gasteiger partial charge in [-0.1, -0.05) is 30.3 Å². The number of nitro groups is 1. The molecule has 1 aromatic heterocycles. The topological polar surface area (TPSA) is 96.2 Å². The Morgan fingerprint density at radius 1 is 1.00 bits per heavy atom. The summed E-state index contributed by atoms with van der Waals surface area (Å²) in [5.74, 6) is 0.771. The van der Waals surface area contributed by atoms with Gasteiger partial charge in [0.15, 0.2) is 0 Å². The zero-order valence-corrected chi connectivity index (χ0v) is 14.9. The molecule has 3 aromatic carbocycles. The fourth-order valence-corrected chi connectivity index (χ4v) is 2.87. The van der Waals surface area contributed by atoms with Gasteiger partial charge in [0.25, 0.3) is 5.69 Å². The maximum Gasteiger partial charge on any atom is 0.269 e. The predicted molar refractivity (Wildman–Crippen MR) is 109 cm³/mol. The van der Waals surface area contributed by atoms with Crippen LogP contribution in [0.15, 0.2) is 84.0 Å². The number of nitrogens with zero attached hydrogens (tertiary/aromatic N) is 3. The highest BCUT2D eigenvalue weighted by atomic mass is 16.6. The van der Waals surface area contributed by atoms with Crippen LogP contribution in [-0.4, -0.2) is 20.6 Å². The van der Waals surface area contributed by atoms with Crippen LogP contribution >= 0.6 is 0 Å². The second kappa shape index (κ2) is 7.71. The molecule has 4 aromatic rings. The second-order valence-corrected chi connectivity index (χ2v) is 6.22. The van der Waals surface area contributed by atoms with Crippen molar-refractivity contribution in [2.24, 2.45) is 5.10 Å². The maximum atomic E-state index is 10.9. The van der Waals surface area contributed by atoms with Gasteiger partial charge >= 0.3 is 0 Å². The summed E-state index contributed by atoms with van der Waals surface area (Å²) in [6, 6.07) is 23.8. The van der Waals surface area contributed by atoms with Crippen molar-refractivity contribution in [2.45, 2.75) is 6.42 Å². The first kappa shape index (κ1) is 17.4. The van der Waals surface area contributed by atoms with Gasteiger partial charge in [0, 0.05) is 12.1 Å². The quantitative estimate of drug-likeness (QED) is 0.296. The molecule has 0 aliphatic carbocycles. The van der Waals surface area contributed by atoms with Gasteiger partial charge in [0.05, 0.1) is 33.8 Å². The summed E-state index contributed by atoms with van der Waals surface area (Å²) in [6.45, 7) is 0. The smallest absolute Gasteiger partial charge is 0.269 e. The third-order valence-corrected chi connectivity index (χ3v) is 4.28. The lowest BCUT2D eigenvalue weighted by Gasteiger charge is -2.07. The fourth-order valence-electron chi connectivity index (χ4n) is 2.87. The molecular weight excluding hydrogens is 354 g/mol. The van der Waals surface area contributed by atoms with Crippen LogP contribution in [0.4, 0.5) is 11.4 Å². The van der Waals surface area contributed by atoms with Crippen LogP contribution < -0.4 is 5.43 Å². The zero-order valence-electron chi connectivity index (χ0n) is 14.9. The molecule has 1 heterocycles. The van der Waals surface area contributed by atoms with Crippen molar-refractivity contribution in [1.29, 1.82) is 0 Å². The van der Waals surface area contributed by atoms with Gasteiger partial charge in [0.2, 0.25) is 0 Å². The summed E-state index contributed by atoms with van der Waals surface area (Å²) in [5.41, 5.74) is 7.29. The average Bonchev–Trinajstić information content (AvgIpc) is 3.14. The van der Waals surface area contributed by atoms with Gasteiger partial charge < -0.3 is 4.98 Å². The van der Waals surface area contributed by atoms with Crippen molar-refractivity contribution in [3.05, 3.63) is 100 Å². The molecule has 0 aliphatic rings. The number of nitro benzene ring substituents is 1. The summed E-state index contributed by atoms with van der Waals surface area (Å²) in [7, 11) is 0. The number of aromatic nitrogens is 2. The Balaban J connectivity index is 1.66. The molecule has 0 bridgehead atoms. The number of non-ortho nitro benzene ring substituents is 1. The molecule has 28 heavy (non-hydrogen) atoms. The molecule has 0 saturated carbocycles. The molecule has 0 amide bonds. The lowest BCUT2D eigenvalue weighted by molar-refractivity contribution is -0.384. The van der Waals surface area contributed by atoms with Gasteiger partial charge in [0.1, 0.15) is 5.82 Å². The molecular formula is C21H17N5O2. The van der Waals surface area contributed by atoms with Gasteiger partial charge in [-0.25, -0.2) is 4.98 Å². The SMILES string of the molecule is O=[N+]([O-])c1ccc(/C(Cc2nc3ccccc3[nH]2)=N/Nc2ccccc2)cc1. The van der Waals surface area contributed by atoms with E-state index in [1.54, 1.807) is 12.1 Å². The van der Waals surface area contributed by atoms with E-state index in [2.05, 4.69) is 20.5 Å². The number of imidazole rings is 1. The van der Waals surface area contributed by atoms with Crippen molar-refractivity contribution < 1.29 is 4.92 Å². The first-order valence-corrected chi connectivity index (χ1v) is 8.75. The average molecular weight is 371 g/mol. The summed E-state index contributed by atoms with van der Waals surface area (Å²) in [5, 5.41) is 15.5. The van der Waals surface area contributed by atoms with Crippen LogP contribution in [0, 0.1) is 10.1 Å². The standard InChI is InChI=1S/C21H17N5O2/c27-26(28)17-12-10-15(11-13-17)20(25-24-16-6-2-1-3-7-16)14-21-22-18-8-4-5-9-19(18)23-21/h1-13,24H,14H2,(H,22,23)/b25-20+. The number of para-hydroxylation sites is 3. The minimum Gasteiger partial charge on any atom is -0.342 e. The van der Waals surface area contributed by atoms with E-state index in [0.29, 0.717) is 6.42 Å². The number of aromatic amines is 1. The normalized spacial score (nSPS) is 11.5. The van der Waals surface area contributed by atoms with E-state index in [1.807, 2.05) is 54.6 Å². The van der Waals surface area contributed by atoms with Crippen molar-refractivity contribution in [1.82, 2.24) is 9.97 Å². The fraction of sp³-hybridized carbons (Fsp3) is 0.0476. The molecule has 2 N–H and O–H groups in total. The van der Waals surface area contributed by atoms with Crippen LogP contribution in [-0.2, 0) is 6.42 Å². The third kappa shape index (κ3) is 3.88. The number of anilines is 1. The molecule has 0 atom stereocenters. The Morgan fingerprint density at radius 2 is 1.71 bits per heavy atom. The van der Waals surface area contributed by atoms with Gasteiger partial charge in [-0.3, -0.25) is 15.5 Å². The minimum atomic E-state index is -0.415. The summed E-state index contributed by atoms with van der Waals surface area (Å²) in [6.07, 6.45) is 0.451. The zero-order chi connectivity index (χ0) is 19.3. The number of hydrogen-bond acceptors (Lipinski definition) is 5. The lowest BCUT2D eigenvalue weighted by Crippen LogP contribution is -2.09. The van der Waals surface area contributed by atoms with E-state index in [-0.39, 0.29) is 5.69 Å². The van der Waals surface area contributed by atoms with Crippen LogP contribution in [0.2, 0.25) is 0 Å². The molecule has 0 fully saturated rings. The Bertz CT molecular complexity index is 1100. The number of rotatable bonds is 6. The van der Waals surface area contributed by atoms with Crippen molar-refractivity contribution in [3.63, 3.8) is 0 Å². The van der Waals surface area contributed by atoms with Gasteiger partial charge in [-0.05, 0) is 42.0 Å². The van der Waals surface area contributed by atoms with Crippen molar-refractivity contribution in [2.75, 3.05) is 5.43 Å². The Hall–Kier alpha value is -4.00. The predicted octanol–water partition coefficient (Wildman–Crippen LogP) is 4.53. The Labute approximate surface area is 160 Å². The largest absolute Gasteiger partial charge is 0.342 e. The first-order chi connectivity index (χ1) is 13.7. The molecule has 0 saturated heterocycles. The van der Waals surface area contributed by atoms with E-state index in [0.717, 1.165) is 33.8 Å². The number of hydrogen-bond donors (Lipinski definition) is 2. The summed E-state index contributed by atoms with van der Waals surface area (Å²) >= 11 is 0. The van der Waals surface area contributed by atoms with E-state index in [4.69, 9.17) is 0 Å². The molecule has 0 radical (unpaired) electrons. The van der Waals surface area contributed by atoms with Crippen LogP contribution in [0.3, 0.4) is 0 Å². The number of H-pyrrole nitrogens is 1. The maximum absolute atomic E-state index is 10.9. The number of benzene rings is 3. The van der Waals surface area contributed by atoms with Crippen molar-refractivity contribution >= 4 is 28.1 Å². The highest BCUT2D eigenvalue weighted by molar-refractivity contribution is 6.02. The highest BCUT2D eigenvalue weighted by Crippen LogP contribution is 2.17. The Kier molecular flexibility index (Phi) is 4.79. The van der Waals surface area contributed by atoms with Gasteiger partial charge in [-0.15, -0.1) is 0 Å². The minimum absolute atomic E-state index is 0.0443. The number of hydrazone groups is 1. The number of fused-ring (bicyclic) bond motifs is 1. The molecule has 0 spiro atoms. The molecule has 138 valence electrons. The summed E-state index contributed by atoms with van der Waals surface area (Å²) < 4.78 is 0. The molecule has 4 rings (SSSR count). The van der Waals surface area contributed by atoms with E-state index >= 15 is 0 Å². The van der Waals surface area contributed by atoms with Gasteiger partial charge in [-0.2, -0.15) is 5.10 Å². The molecule has 0 aliphatic heterocycles. The van der Waals surface area contributed by atoms with Crippen LogP contribution in [0.25, 0.3) is 11.0 Å². The molecule has 0 unspecified atom stereocenters. The van der Waals surface area contributed by atoms with E-state index in [9.17, 15) is 10.1 Å². The highest BCUT2D eigenvalue weighted by Gasteiger charge is 2.12. The second-order valence-electron chi connectivity index (χ2n) is 6.22. The molecule has 7 nitrogen and oxygen atoms in total. The van der Waals surface area contributed by atoms with Crippen LogP contribution in [0.5, 0.6) is 0 Å². The first-order valence-electron chi connectivity index (χ1n) is 8.75. The summed E-state index contributed by atoms with van der Waals surface area (Å²) in [4.78, 5) is 18.4. The Morgan fingerprint density at radius 3 is 2.43 bits per heavy atom. The number of nitrogens with one attached hydrogen (secondary N) is 2. The van der Waals surface area contributed by atoms with Crippen LogP contribution in [0.1, 0.15) is 11.4 Å². The third-order valence-electron chi connectivity index (χ3n) is 4.28. The van der Waals surface area contributed by atoms with E-state index in [1.165, 1.54) is 12.1 Å².